The number of carbonyl (C=O) groups excluding carboxylic acids is 1. The number of hydrogen-bond donors (Lipinski definition) is 2. The smallest absolute Gasteiger partial charge is 0.224 e. The highest BCUT2D eigenvalue weighted by molar-refractivity contribution is 5.90. The topological polar surface area (TPSA) is 55.1 Å². The van der Waals surface area contributed by atoms with Gasteiger partial charge in [-0.25, -0.2) is 0 Å². The van der Waals surface area contributed by atoms with Crippen molar-refractivity contribution in [3.05, 3.63) is 29.8 Å². The number of benzene rings is 1. The second-order valence-electron chi connectivity index (χ2n) is 3.89. The van der Waals surface area contributed by atoms with Crippen LogP contribution in [0.4, 0.5) is 5.69 Å². The minimum atomic E-state index is 0.0408. The summed E-state index contributed by atoms with van der Waals surface area (Å²) in [5.41, 5.74) is 7.50. The van der Waals surface area contributed by atoms with Gasteiger partial charge in [-0.05, 0) is 37.1 Å². The van der Waals surface area contributed by atoms with Gasteiger partial charge in [-0.1, -0.05) is 25.5 Å². The molecule has 0 unspecified atom stereocenters. The zero-order valence-electron chi connectivity index (χ0n) is 9.83. The lowest BCUT2D eigenvalue weighted by molar-refractivity contribution is -0.116. The first-order valence-corrected chi connectivity index (χ1v) is 5.85. The van der Waals surface area contributed by atoms with Gasteiger partial charge in [0.05, 0.1) is 0 Å². The molecule has 16 heavy (non-hydrogen) atoms. The molecule has 0 fully saturated rings. The quantitative estimate of drug-likeness (QED) is 0.773. The standard InChI is InChI=1S/C13H20N2O/c1-2-5-11-6-3-7-12(10-11)15-13(16)8-4-9-14/h3,6-7,10H,2,4-5,8-9,14H2,1H3,(H,15,16). The van der Waals surface area contributed by atoms with Gasteiger partial charge in [0.25, 0.3) is 0 Å². The monoisotopic (exact) mass is 220 g/mol. The summed E-state index contributed by atoms with van der Waals surface area (Å²) >= 11 is 0. The third-order valence-corrected chi connectivity index (χ3v) is 2.36. The Kier molecular flexibility index (Phi) is 5.57. The minimum Gasteiger partial charge on any atom is -0.330 e. The fourth-order valence-corrected chi connectivity index (χ4v) is 1.58. The third kappa shape index (κ3) is 4.45. The molecule has 0 aliphatic heterocycles. The van der Waals surface area contributed by atoms with E-state index < -0.39 is 0 Å². The summed E-state index contributed by atoms with van der Waals surface area (Å²) in [6.45, 7) is 2.70. The van der Waals surface area contributed by atoms with Crippen molar-refractivity contribution in [2.24, 2.45) is 5.73 Å². The Morgan fingerprint density at radius 2 is 2.25 bits per heavy atom. The molecule has 0 aliphatic carbocycles. The van der Waals surface area contributed by atoms with Crippen molar-refractivity contribution in [1.29, 1.82) is 0 Å². The minimum absolute atomic E-state index is 0.0408. The Morgan fingerprint density at radius 3 is 2.94 bits per heavy atom. The summed E-state index contributed by atoms with van der Waals surface area (Å²) < 4.78 is 0. The molecule has 1 aromatic rings. The van der Waals surface area contributed by atoms with Crippen LogP contribution in [0.25, 0.3) is 0 Å². The Balaban J connectivity index is 2.52. The highest BCUT2D eigenvalue weighted by Gasteiger charge is 2.01. The number of nitrogens with one attached hydrogen (secondary N) is 1. The molecule has 0 spiro atoms. The normalized spacial score (nSPS) is 10.1. The van der Waals surface area contributed by atoms with E-state index in [1.807, 2.05) is 18.2 Å². The second kappa shape index (κ2) is 7.01. The van der Waals surface area contributed by atoms with Crippen LogP contribution in [0.2, 0.25) is 0 Å². The lowest BCUT2D eigenvalue weighted by Gasteiger charge is -2.06. The molecule has 3 nitrogen and oxygen atoms in total. The third-order valence-electron chi connectivity index (χ3n) is 2.36. The second-order valence-corrected chi connectivity index (χ2v) is 3.89. The van der Waals surface area contributed by atoms with Crippen molar-refractivity contribution in [3.8, 4) is 0 Å². The van der Waals surface area contributed by atoms with E-state index in [2.05, 4.69) is 18.3 Å². The molecule has 1 rings (SSSR count). The Bertz CT molecular complexity index is 336. The average Bonchev–Trinajstić information content (AvgIpc) is 2.27. The van der Waals surface area contributed by atoms with Gasteiger partial charge in [-0.15, -0.1) is 0 Å². The van der Waals surface area contributed by atoms with Crippen molar-refractivity contribution in [2.75, 3.05) is 11.9 Å². The molecule has 0 aromatic heterocycles. The van der Waals surface area contributed by atoms with Crippen molar-refractivity contribution >= 4 is 11.6 Å². The first-order valence-electron chi connectivity index (χ1n) is 5.85. The predicted molar refractivity (Wildman–Crippen MR) is 67.4 cm³/mol. The summed E-state index contributed by atoms with van der Waals surface area (Å²) in [4.78, 5) is 11.5. The average molecular weight is 220 g/mol. The molecule has 88 valence electrons. The van der Waals surface area contributed by atoms with E-state index in [1.54, 1.807) is 0 Å². The zero-order chi connectivity index (χ0) is 11.8. The first-order chi connectivity index (χ1) is 7.76. The maximum absolute atomic E-state index is 11.5. The van der Waals surface area contributed by atoms with Crippen LogP contribution in [0, 0.1) is 0 Å². The molecule has 0 heterocycles. The van der Waals surface area contributed by atoms with Gasteiger partial charge in [0.1, 0.15) is 0 Å². The molecule has 0 aliphatic rings. The van der Waals surface area contributed by atoms with E-state index in [9.17, 15) is 4.79 Å². The van der Waals surface area contributed by atoms with Crippen LogP contribution in [0.15, 0.2) is 24.3 Å². The van der Waals surface area contributed by atoms with E-state index in [4.69, 9.17) is 5.73 Å². The highest BCUT2D eigenvalue weighted by atomic mass is 16.1. The summed E-state index contributed by atoms with van der Waals surface area (Å²) in [7, 11) is 0. The van der Waals surface area contributed by atoms with Crippen LogP contribution in [0.5, 0.6) is 0 Å². The molecule has 0 atom stereocenters. The van der Waals surface area contributed by atoms with Crippen LogP contribution in [0.1, 0.15) is 31.7 Å². The fourth-order valence-electron chi connectivity index (χ4n) is 1.58. The lowest BCUT2D eigenvalue weighted by Crippen LogP contribution is -2.13. The molecule has 3 heteroatoms. The largest absolute Gasteiger partial charge is 0.330 e. The van der Waals surface area contributed by atoms with E-state index in [0.717, 1.165) is 24.9 Å². The number of anilines is 1. The molecule has 1 amide bonds. The highest BCUT2D eigenvalue weighted by Crippen LogP contribution is 2.12. The number of amides is 1. The lowest BCUT2D eigenvalue weighted by atomic mass is 10.1. The van der Waals surface area contributed by atoms with Crippen LogP contribution in [-0.2, 0) is 11.2 Å². The summed E-state index contributed by atoms with van der Waals surface area (Å²) in [5, 5.41) is 2.88. The molecular formula is C13H20N2O. The number of aryl methyl sites for hydroxylation is 1. The van der Waals surface area contributed by atoms with Crippen LogP contribution < -0.4 is 11.1 Å². The van der Waals surface area contributed by atoms with Gasteiger partial charge in [0.2, 0.25) is 5.91 Å². The van der Waals surface area contributed by atoms with E-state index >= 15 is 0 Å². The Labute approximate surface area is 97.0 Å². The number of nitrogens with two attached hydrogens (primary N) is 1. The Morgan fingerprint density at radius 1 is 1.44 bits per heavy atom. The van der Waals surface area contributed by atoms with Crippen molar-refractivity contribution in [1.82, 2.24) is 0 Å². The van der Waals surface area contributed by atoms with E-state index in [-0.39, 0.29) is 5.91 Å². The number of carbonyl (C=O) groups is 1. The molecule has 1 aromatic carbocycles. The van der Waals surface area contributed by atoms with Crippen LogP contribution >= 0.6 is 0 Å². The molecule has 0 radical (unpaired) electrons. The summed E-state index contributed by atoms with van der Waals surface area (Å²) in [6.07, 6.45) is 3.39. The van der Waals surface area contributed by atoms with Gasteiger partial charge >= 0.3 is 0 Å². The van der Waals surface area contributed by atoms with Gasteiger partial charge in [0, 0.05) is 12.1 Å². The van der Waals surface area contributed by atoms with Crippen molar-refractivity contribution < 1.29 is 4.79 Å². The van der Waals surface area contributed by atoms with Gasteiger partial charge in [-0.3, -0.25) is 4.79 Å². The Hall–Kier alpha value is -1.35. The fraction of sp³-hybridized carbons (Fsp3) is 0.462. The van der Waals surface area contributed by atoms with Gasteiger partial charge in [0.15, 0.2) is 0 Å². The molecule has 0 saturated heterocycles. The van der Waals surface area contributed by atoms with Crippen molar-refractivity contribution in [2.45, 2.75) is 32.6 Å². The molecule has 0 bridgehead atoms. The van der Waals surface area contributed by atoms with Gasteiger partial charge < -0.3 is 11.1 Å². The number of hydrogen-bond acceptors (Lipinski definition) is 2. The predicted octanol–water partition coefficient (Wildman–Crippen LogP) is 2.32. The van der Waals surface area contributed by atoms with Gasteiger partial charge in [-0.2, -0.15) is 0 Å². The molecular weight excluding hydrogens is 200 g/mol. The molecule has 0 saturated carbocycles. The SMILES string of the molecule is CCCc1cccc(NC(=O)CCCN)c1. The van der Waals surface area contributed by atoms with Crippen LogP contribution in [-0.4, -0.2) is 12.5 Å². The first kappa shape index (κ1) is 12.7. The summed E-state index contributed by atoms with van der Waals surface area (Å²) in [6, 6.07) is 8.01. The maximum Gasteiger partial charge on any atom is 0.224 e. The van der Waals surface area contributed by atoms with Crippen LogP contribution in [0.3, 0.4) is 0 Å². The summed E-state index contributed by atoms with van der Waals surface area (Å²) in [5.74, 6) is 0.0408. The zero-order valence-corrected chi connectivity index (χ0v) is 9.83. The van der Waals surface area contributed by atoms with E-state index in [1.165, 1.54) is 5.56 Å². The van der Waals surface area contributed by atoms with Crippen molar-refractivity contribution in [3.63, 3.8) is 0 Å². The number of rotatable bonds is 6. The maximum atomic E-state index is 11.5. The van der Waals surface area contributed by atoms with E-state index in [0.29, 0.717) is 13.0 Å². The molecule has 3 N–H and O–H groups in total.